The Bertz CT molecular complexity index is 933. The molecule has 28 heavy (non-hydrogen) atoms. The van der Waals surface area contributed by atoms with Crippen LogP contribution in [0.5, 0.6) is 0 Å². The van der Waals surface area contributed by atoms with E-state index in [1.54, 1.807) is 11.9 Å². The molecule has 0 aliphatic carbocycles. The van der Waals surface area contributed by atoms with E-state index in [0.29, 0.717) is 31.2 Å². The lowest BCUT2D eigenvalue weighted by atomic mass is 10.2. The summed E-state index contributed by atoms with van der Waals surface area (Å²) in [6.45, 7) is 1.40. The molecule has 0 bridgehead atoms. The average Bonchev–Trinajstić information content (AvgIpc) is 3.27. The molecule has 0 N–H and O–H groups in total. The molecule has 8 nitrogen and oxygen atoms in total. The number of carbonyl (C=O) groups is 1. The van der Waals surface area contributed by atoms with Crippen LogP contribution in [-0.4, -0.2) is 42.8 Å². The van der Waals surface area contributed by atoms with Gasteiger partial charge >= 0.3 is 0 Å². The van der Waals surface area contributed by atoms with Gasteiger partial charge in [0.1, 0.15) is 5.82 Å². The molecule has 0 saturated carbocycles. The maximum absolute atomic E-state index is 12.5. The summed E-state index contributed by atoms with van der Waals surface area (Å²) in [7, 11) is 1.80. The third kappa shape index (κ3) is 4.11. The number of hydrogen-bond donors (Lipinski definition) is 0. The van der Waals surface area contributed by atoms with E-state index in [9.17, 15) is 4.79 Å². The molecule has 4 rings (SSSR count). The summed E-state index contributed by atoms with van der Waals surface area (Å²) in [5.74, 6) is 2.86. The molecule has 0 unspecified atom stereocenters. The monoisotopic (exact) mass is 380 g/mol. The van der Waals surface area contributed by atoms with Crippen molar-refractivity contribution in [2.45, 2.75) is 51.6 Å². The Morgan fingerprint density at radius 2 is 1.96 bits per heavy atom. The van der Waals surface area contributed by atoms with Crippen LogP contribution in [0.25, 0.3) is 11.5 Å². The molecular weight excluding hydrogens is 356 g/mol. The first kappa shape index (κ1) is 18.3. The van der Waals surface area contributed by atoms with Crippen molar-refractivity contribution in [3.8, 4) is 11.5 Å². The van der Waals surface area contributed by atoms with E-state index in [2.05, 4.69) is 25.0 Å². The van der Waals surface area contributed by atoms with Gasteiger partial charge in [0, 0.05) is 38.4 Å². The van der Waals surface area contributed by atoms with Gasteiger partial charge in [0.05, 0.1) is 6.54 Å². The van der Waals surface area contributed by atoms with Gasteiger partial charge in [-0.05, 0) is 25.0 Å². The molecule has 0 saturated heterocycles. The fourth-order valence-corrected chi connectivity index (χ4v) is 3.42. The summed E-state index contributed by atoms with van der Waals surface area (Å²) in [5.41, 5.74) is 0.872. The van der Waals surface area contributed by atoms with Crippen LogP contribution >= 0.6 is 0 Å². The first-order valence-electron chi connectivity index (χ1n) is 9.73. The highest BCUT2D eigenvalue weighted by molar-refractivity contribution is 5.75. The maximum atomic E-state index is 12.5. The summed E-state index contributed by atoms with van der Waals surface area (Å²) in [6.07, 6.45) is 5.20. The number of hydrogen-bond acceptors (Lipinski definition) is 6. The lowest BCUT2D eigenvalue weighted by molar-refractivity contribution is -0.130. The Kier molecular flexibility index (Phi) is 5.45. The van der Waals surface area contributed by atoms with Crippen LogP contribution in [0.15, 0.2) is 34.7 Å². The van der Waals surface area contributed by atoms with Crippen LogP contribution in [0.3, 0.4) is 0 Å². The van der Waals surface area contributed by atoms with Crippen molar-refractivity contribution in [2.24, 2.45) is 0 Å². The normalized spacial score (nSPS) is 13.8. The Balaban J connectivity index is 1.33. The number of aryl methyl sites for hydroxylation is 2. The number of fused-ring (bicyclic) bond motifs is 1. The minimum Gasteiger partial charge on any atom is -0.421 e. The average molecular weight is 380 g/mol. The minimum absolute atomic E-state index is 0.0189. The molecule has 1 aliphatic heterocycles. The van der Waals surface area contributed by atoms with E-state index in [4.69, 9.17) is 4.42 Å². The third-order valence-corrected chi connectivity index (χ3v) is 5.03. The van der Waals surface area contributed by atoms with Crippen molar-refractivity contribution in [1.82, 2.24) is 29.9 Å². The fourth-order valence-electron chi connectivity index (χ4n) is 3.42. The molecule has 3 aromatic rings. The Morgan fingerprint density at radius 1 is 1.11 bits per heavy atom. The van der Waals surface area contributed by atoms with Gasteiger partial charge in [-0.1, -0.05) is 24.6 Å². The van der Waals surface area contributed by atoms with Gasteiger partial charge in [-0.2, -0.15) is 0 Å². The van der Waals surface area contributed by atoms with E-state index in [1.165, 1.54) is 6.42 Å². The van der Waals surface area contributed by atoms with Crippen molar-refractivity contribution in [2.75, 3.05) is 7.05 Å². The lowest BCUT2D eigenvalue weighted by Crippen LogP contribution is -2.28. The topological polar surface area (TPSA) is 89.9 Å². The van der Waals surface area contributed by atoms with E-state index >= 15 is 0 Å². The first-order chi connectivity index (χ1) is 13.7. The van der Waals surface area contributed by atoms with Crippen molar-refractivity contribution in [3.05, 3.63) is 47.9 Å². The SMILES string of the molecule is CN(Cc1nnc2n1CCCCC2)C(=O)CCc1nnc(-c2ccccc2)o1. The second kappa shape index (κ2) is 8.33. The van der Waals surface area contributed by atoms with Crippen LogP contribution in [0.1, 0.15) is 43.2 Å². The quantitative estimate of drug-likeness (QED) is 0.653. The maximum Gasteiger partial charge on any atom is 0.247 e. The highest BCUT2D eigenvalue weighted by Crippen LogP contribution is 2.18. The van der Waals surface area contributed by atoms with Crippen LogP contribution < -0.4 is 0 Å². The van der Waals surface area contributed by atoms with Gasteiger partial charge in [-0.25, -0.2) is 0 Å². The van der Waals surface area contributed by atoms with E-state index in [0.717, 1.165) is 43.0 Å². The first-order valence-corrected chi connectivity index (χ1v) is 9.73. The minimum atomic E-state index is 0.0189. The number of carbonyl (C=O) groups excluding carboxylic acids is 1. The zero-order valence-electron chi connectivity index (χ0n) is 16.0. The van der Waals surface area contributed by atoms with Gasteiger partial charge in [-0.3, -0.25) is 4.79 Å². The highest BCUT2D eigenvalue weighted by Gasteiger charge is 2.18. The third-order valence-electron chi connectivity index (χ3n) is 5.03. The second-order valence-corrected chi connectivity index (χ2v) is 7.11. The van der Waals surface area contributed by atoms with Crippen LogP contribution in [-0.2, 0) is 30.7 Å². The van der Waals surface area contributed by atoms with Crippen LogP contribution in [0.4, 0.5) is 0 Å². The summed E-state index contributed by atoms with van der Waals surface area (Å²) in [4.78, 5) is 14.2. The van der Waals surface area contributed by atoms with E-state index < -0.39 is 0 Å². The van der Waals surface area contributed by atoms with E-state index in [-0.39, 0.29) is 5.91 Å². The molecule has 1 amide bonds. The molecule has 0 fully saturated rings. The molecule has 146 valence electrons. The molecule has 1 aliphatic rings. The van der Waals surface area contributed by atoms with Crippen molar-refractivity contribution >= 4 is 5.91 Å². The second-order valence-electron chi connectivity index (χ2n) is 7.11. The number of aromatic nitrogens is 5. The number of amides is 1. The van der Waals surface area contributed by atoms with Gasteiger partial charge in [0.2, 0.25) is 17.7 Å². The molecule has 8 heteroatoms. The molecule has 1 aromatic carbocycles. The van der Waals surface area contributed by atoms with E-state index in [1.807, 2.05) is 30.3 Å². The standard InChI is InChI=1S/C20H24N6O2/c1-25(14-17-22-21-16-10-6-3-7-13-26(16)17)19(27)12-11-18-23-24-20(28-18)15-8-4-2-5-9-15/h2,4-5,8-9H,3,6-7,10-14H2,1H3. The van der Waals surface area contributed by atoms with Crippen LogP contribution in [0.2, 0.25) is 0 Å². The smallest absolute Gasteiger partial charge is 0.247 e. The molecule has 0 atom stereocenters. The van der Waals surface area contributed by atoms with Gasteiger partial charge < -0.3 is 13.9 Å². The summed E-state index contributed by atoms with van der Waals surface area (Å²) in [5, 5.41) is 16.7. The van der Waals surface area contributed by atoms with Crippen molar-refractivity contribution < 1.29 is 9.21 Å². The lowest BCUT2D eigenvalue weighted by Gasteiger charge is -2.17. The predicted molar refractivity (Wildman–Crippen MR) is 102 cm³/mol. The Hall–Kier alpha value is -3.03. The summed E-state index contributed by atoms with van der Waals surface area (Å²) < 4.78 is 7.84. The summed E-state index contributed by atoms with van der Waals surface area (Å²) in [6, 6.07) is 9.60. The largest absolute Gasteiger partial charge is 0.421 e. The zero-order chi connectivity index (χ0) is 19.3. The fraction of sp³-hybridized carbons (Fsp3) is 0.450. The molecule has 0 radical (unpaired) electrons. The van der Waals surface area contributed by atoms with Gasteiger partial charge in [0.15, 0.2) is 5.82 Å². The Morgan fingerprint density at radius 3 is 2.82 bits per heavy atom. The van der Waals surface area contributed by atoms with Gasteiger partial charge in [-0.15, -0.1) is 20.4 Å². The molecule has 2 aromatic heterocycles. The van der Waals surface area contributed by atoms with Crippen molar-refractivity contribution in [3.63, 3.8) is 0 Å². The molecule has 3 heterocycles. The van der Waals surface area contributed by atoms with Crippen molar-refractivity contribution in [1.29, 1.82) is 0 Å². The zero-order valence-corrected chi connectivity index (χ0v) is 16.0. The Labute approximate surface area is 163 Å². The number of benzene rings is 1. The predicted octanol–water partition coefficient (Wildman–Crippen LogP) is 2.65. The summed E-state index contributed by atoms with van der Waals surface area (Å²) >= 11 is 0. The molecular formula is C20H24N6O2. The highest BCUT2D eigenvalue weighted by atomic mass is 16.4. The van der Waals surface area contributed by atoms with Gasteiger partial charge in [0.25, 0.3) is 0 Å². The number of rotatable bonds is 6. The van der Waals surface area contributed by atoms with Crippen LogP contribution in [0, 0.1) is 0 Å². The molecule has 0 spiro atoms. The number of nitrogens with zero attached hydrogens (tertiary/aromatic N) is 6.